The molecule has 0 aromatic heterocycles. The summed E-state index contributed by atoms with van der Waals surface area (Å²) >= 11 is 0. The van der Waals surface area contributed by atoms with E-state index in [-0.39, 0.29) is 18.8 Å². The number of hydrogen-bond donors (Lipinski definition) is 1. The van der Waals surface area contributed by atoms with Crippen LogP contribution < -0.4 is 5.32 Å². The first-order valence-corrected chi connectivity index (χ1v) is 4.98. The molecule has 0 amide bonds. The van der Waals surface area contributed by atoms with Gasteiger partial charge < -0.3 is 14.8 Å². The Morgan fingerprint density at radius 1 is 1.47 bits per heavy atom. The smallest absolute Gasteiger partial charge is 0.377 e. The fraction of sp³-hybridized carbons (Fsp3) is 1.00. The van der Waals surface area contributed by atoms with Crippen LogP contribution in [0.25, 0.3) is 0 Å². The van der Waals surface area contributed by atoms with Gasteiger partial charge in [-0.3, -0.25) is 0 Å². The highest BCUT2D eigenvalue weighted by atomic mass is 19.4. The molecule has 1 N–H and O–H groups in total. The SMILES string of the molecule is CC1OCCC1NCCOCC(F)(F)F. The molecule has 0 radical (unpaired) electrons. The lowest BCUT2D eigenvalue weighted by Crippen LogP contribution is -2.37. The molecule has 0 bridgehead atoms. The molecular formula is C9H16F3NO2. The third kappa shape index (κ3) is 5.34. The van der Waals surface area contributed by atoms with Gasteiger partial charge in [-0.15, -0.1) is 0 Å². The van der Waals surface area contributed by atoms with Crippen molar-refractivity contribution in [2.24, 2.45) is 0 Å². The summed E-state index contributed by atoms with van der Waals surface area (Å²) in [5.41, 5.74) is 0. The Balaban J connectivity index is 1.97. The molecule has 0 saturated carbocycles. The molecule has 1 aliphatic rings. The van der Waals surface area contributed by atoms with Crippen LogP contribution in [0, 0.1) is 0 Å². The molecule has 1 aliphatic heterocycles. The zero-order valence-electron chi connectivity index (χ0n) is 8.64. The molecule has 2 atom stereocenters. The molecule has 1 rings (SSSR count). The Hall–Kier alpha value is -0.330. The molecule has 1 heterocycles. The molecule has 6 heteroatoms. The van der Waals surface area contributed by atoms with E-state index < -0.39 is 12.8 Å². The summed E-state index contributed by atoms with van der Waals surface area (Å²) in [7, 11) is 0. The molecule has 3 nitrogen and oxygen atoms in total. The average molecular weight is 227 g/mol. The number of ether oxygens (including phenoxy) is 2. The van der Waals surface area contributed by atoms with Crippen molar-refractivity contribution in [2.75, 3.05) is 26.4 Å². The number of nitrogens with one attached hydrogen (secondary N) is 1. The predicted molar refractivity (Wildman–Crippen MR) is 48.7 cm³/mol. The zero-order chi connectivity index (χ0) is 11.3. The van der Waals surface area contributed by atoms with Gasteiger partial charge in [0.1, 0.15) is 6.61 Å². The second-order valence-electron chi connectivity index (χ2n) is 3.59. The zero-order valence-corrected chi connectivity index (χ0v) is 8.64. The summed E-state index contributed by atoms with van der Waals surface area (Å²) in [6.07, 6.45) is -3.20. The Morgan fingerprint density at radius 2 is 2.20 bits per heavy atom. The van der Waals surface area contributed by atoms with Crippen LogP contribution in [0.5, 0.6) is 0 Å². The van der Waals surface area contributed by atoms with Crippen molar-refractivity contribution in [3.8, 4) is 0 Å². The molecule has 1 fully saturated rings. The summed E-state index contributed by atoms with van der Waals surface area (Å²) in [6, 6.07) is 0.236. The number of hydrogen-bond acceptors (Lipinski definition) is 3. The number of halogens is 3. The van der Waals surface area contributed by atoms with Crippen molar-refractivity contribution < 1.29 is 22.6 Å². The quantitative estimate of drug-likeness (QED) is 0.719. The Kier molecular flexibility index (Phi) is 4.82. The number of rotatable bonds is 5. The maximum Gasteiger partial charge on any atom is 0.411 e. The third-order valence-corrected chi connectivity index (χ3v) is 2.29. The van der Waals surface area contributed by atoms with Crippen LogP contribution in [0.4, 0.5) is 13.2 Å². The summed E-state index contributed by atoms with van der Waals surface area (Å²) in [5.74, 6) is 0. The van der Waals surface area contributed by atoms with Crippen LogP contribution in [-0.2, 0) is 9.47 Å². The fourth-order valence-electron chi connectivity index (χ4n) is 1.50. The fourth-order valence-corrected chi connectivity index (χ4v) is 1.50. The summed E-state index contributed by atoms with van der Waals surface area (Å²) < 4.78 is 44.8. The van der Waals surface area contributed by atoms with Crippen LogP contribution in [-0.4, -0.2) is 44.7 Å². The van der Waals surface area contributed by atoms with Crippen molar-refractivity contribution >= 4 is 0 Å². The monoisotopic (exact) mass is 227 g/mol. The van der Waals surface area contributed by atoms with Crippen molar-refractivity contribution in [2.45, 2.75) is 31.7 Å². The van der Waals surface area contributed by atoms with Gasteiger partial charge in [-0.2, -0.15) is 13.2 Å². The second-order valence-corrected chi connectivity index (χ2v) is 3.59. The maximum atomic E-state index is 11.7. The van der Waals surface area contributed by atoms with E-state index in [2.05, 4.69) is 10.1 Å². The minimum atomic E-state index is -4.23. The molecule has 1 saturated heterocycles. The van der Waals surface area contributed by atoms with Crippen LogP contribution in [0.1, 0.15) is 13.3 Å². The molecule has 15 heavy (non-hydrogen) atoms. The van der Waals surface area contributed by atoms with Gasteiger partial charge in [-0.25, -0.2) is 0 Å². The van der Waals surface area contributed by atoms with Crippen molar-refractivity contribution in [1.29, 1.82) is 0 Å². The predicted octanol–water partition coefficient (Wildman–Crippen LogP) is 1.33. The van der Waals surface area contributed by atoms with Gasteiger partial charge in [0.2, 0.25) is 0 Å². The van der Waals surface area contributed by atoms with Crippen molar-refractivity contribution in [1.82, 2.24) is 5.32 Å². The first-order chi connectivity index (χ1) is 6.99. The van der Waals surface area contributed by atoms with Gasteiger partial charge in [0, 0.05) is 19.2 Å². The molecule has 0 aromatic carbocycles. The Labute approximate surface area is 86.9 Å². The number of alkyl halides is 3. The van der Waals surface area contributed by atoms with E-state index in [0.717, 1.165) is 6.42 Å². The van der Waals surface area contributed by atoms with Crippen LogP contribution in [0.2, 0.25) is 0 Å². The standard InChI is InChI=1S/C9H16F3NO2/c1-7-8(2-4-15-7)13-3-5-14-6-9(10,11)12/h7-8,13H,2-6H2,1H3. The molecule has 0 aromatic rings. The summed E-state index contributed by atoms with van der Waals surface area (Å²) in [5, 5.41) is 3.10. The lowest BCUT2D eigenvalue weighted by molar-refractivity contribution is -0.173. The second kappa shape index (κ2) is 5.67. The topological polar surface area (TPSA) is 30.5 Å². The van der Waals surface area contributed by atoms with E-state index >= 15 is 0 Å². The molecule has 0 spiro atoms. The largest absolute Gasteiger partial charge is 0.411 e. The van der Waals surface area contributed by atoms with Gasteiger partial charge in [0.15, 0.2) is 0 Å². The van der Waals surface area contributed by atoms with Gasteiger partial charge in [-0.1, -0.05) is 0 Å². The first-order valence-electron chi connectivity index (χ1n) is 4.98. The lowest BCUT2D eigenvalue weighted by atomic mass is 10.1. The van der Waals surface area contributed by atoms with E-state index in [4.69, 9.17) is 4.74 Å². The van der Waals surface area contributed by atoms with Crippen LogP contribution in [0.3, 0.4) is 0 Å². The molecular weight excluding hydrogens is 211 g/mol. The minimum Gasteiger partial charge on any atom is -0.377 e. The molecule has 2 unspecified atom stereocenters. The molecule has 90 valence electrons. The van der Waals surface area contributed by atoms with E-state index in [1.807, 2.05) is 6.92 Å². The minimum absolute atomic E-state index is 0.0722. The molecule has 0 aliphatic carbocycles. The van der Waals surface area contributed by atoms with E-state index in [0.29, 0.717) is 13.2 Å². The van der Waals surface area contributed by atoms with Gasteiger partial charge in [0.05, 0.1) is 12.7 Å². The highest BCUT2D eigenvalue weighted by Gasteiger charge is 2.27. The van der Waals surface area contributed by atoms with Crippen LogP contribution >= 0.6 is 0 Å². The van der Waals surface area contributed by atoms with Gasteiger partial charge in [0.25, 0.3) is 0 Å². The summed E-state index contributed by atoms with van der Waals surface area (Å²) in [6.45, 7) is 1.98. The Bertz CT molecular complexity index is 187. The van der Waals surface area contributed by atoms with Crippen molar-refractivity contribution in [3.63, 3.8) is 0 Å². The van der Waals surface area contributed by atoms with Crippen molar-refractivity contribution in [3.05, 3.63) is 0 Å². The Morgan fingerprint density at radius 3 is 2.73 bits per heavy atom. The van der Waals surface area contributed by atoms with E-state index in [1.165, 1.54) is 0 Å². The highest BCUT2D eigenvalue weighted by molar-refractivity contribution is 4.78. The first kappa shape index (κ1) is 12.7. The van der Waals surface area contributed by atoms with E-state index in [9.17, 15) is 13.2 Å². The lowest BCUT2D eigenvalue weighted by Gasteiger charge is -2.16. The van der Waals surface area contributed by atoms with Crippen LogP contribution in [0.15, 0.2) is 0 Å². The van der Waals surface area contributed by atoms with Gasteiger partial charge in [-0.05, 0) is 13.3 Å². The normalized spacial score (nSPS) is 27.2. The summed E-state index contributed by atoms with van der Waals surface area (Å²) in [4.78, 5) is 0. The average Bonchev–Trinajstić information content (AvgIpc) is 2.49. The third-order valence-electron chi connectivity index (χ3n) is 2.29. The van der Waals surface area contributed by atoms with E-state index in [1.54, 1.807) is 0 Å². The maximum absolute atomic E-state index is 11.7. The highest BCUT2D eigenvalue weighted by Crippen LogP contribution is 2.14. The van der Waals surface area contributed by atoms with Gasteiger partial charge >= 0.3 is 6.18 Å².